The molecule has 0 radical (unpaired) electrons. The highest BCUT2D eigenvalue weighted by Gasteiger charge is 2.20. The second kappa shape index (κ2) is 8.75. The van der Waals surface area contributed by atoms with Crippen LogP contribution < -0.4 is 19.3 Å². The van der Waals surface area contributed by atoms with Crippen molar-refractivity contribution in [3.05, 3.63) is 73.1 Å². The monoisotopic (exact) mass is 426 g/mol. The van der Waals surface area contributed by atoms with E-state index in [1.165, 1.54) is 10.8 Å². The summed E-state index contributed by atoms with van der Waals surface area (Å²) in [6.07, 6.45) is 1.67. The normalized spacial score (nSPS) is 13.9. The number of rotatable bonds is 5. The second-order valence-electron chi connectivity index (χ2n) is 7.80. The standard InChI is InChI=1S/C26H26N4O2/c1-31-24-11-10-20(16-25(24)32-2)29-12-14-30(15-13-29)26-17-23(27-18-28-26)22-9-5-7-19-6-3-4-8-21(19)22/h3-11,16-18H,12-15H2,1-2H3. The van der Waals surface area contributed by atoms with Crippen molar-refractivity contribution in [3.8, 4) is 22.8 Å². The molecule has 5 rings (SSSR count). The molecule has 3 aromatic carbocycles. The number of aromatic nitrogens is 2. The molecule has 0 N–H and O–H groups in total. The van der Waals surface area contributed by atoms with Gasteiger partial charge in [0.25, 0.3) is 0 Å². The molecule has 32 heavy (non-hydrogen) atoms. The third kappa shape index (κ3) is 3.80. The molecular formula is C26H26N4O2. The van der Waals surface area contributed by atoms with Gasteiger partial charge in [-0.25, -0.2) is 9.97 Å². The van der Waals surface area contributed by atoms with Gasteiger partial charge < -0.3 is 19.3 Å². The van der Waals surface area contributed by atoms with E-state index in [4.69, 9.17) is 9.47 Å². The SMILES string of the molecule is COc1ccc(N2CCN(c3cc(-c4cccc5ccccc45)ncn3)CC2)cc1OC. The molecule has 1 aromatic heterocycles. The number of fused-ring (bicyclic) bond motifs is 1. The minimum absolute atomic E-state index is 0.747. The molecule has 0 aliphatic carbocycles. The molecule has 0 amide bonds. The molecule has 162 valence electrons. The van der Waals surface area contributed by atoms with E-state index >= 15 is 0 Å². The number of nitrogens with zero attached hydrogens (tertiary/aromatic N) is 4. The lowest BCUT2D eigenvalue weighted by Gasteiger charge is -2.37. The van der Waals surface area contributed by atoms with Crippen LogP contribution >= 0.6 is 0 Å². The molecular weight excluding hydrogens is 400 g/mol. The summed E-state index contributed by atoms with van der Waals surface area (Å²) in [5, 5.41) is 2.42. The van der Waals surface area contributed by atoms with Crippen LogP contribution in [0.4, 0.5) is 11.5 Å². The van der Waals surface area contributed by atoms with Crippen LogP contribution in [0.5, 0.6) is 11.5 Å². The van der Waals surface area contributed by atoms with Crippen LogP contribution in [0.1, 0.15) is 0 Å². The number of hydrogen-bond acceptors (Lipinski definition) is 6. The van der Waals surface area contributed by atoms with Crippen molar-refractivity contribution in [2.24, 2.45) is 0 Å². The van der Waals surface area contributed by atoms with Gasteiger partial charge in [-0.3, -0.25) is 0 Å². The number of hydrogen-bond donors (Lipinski definition) is 0. The topological polar surface area (TPSA) is 50.7 Å². The van der Waals surface area contributed by atoms with Gasteiger partial charge in [-0.15, -0.1) is 0 Å². The Balaban J connectivity index is 1.35. The van der Waals surface area contributed by atoms with Crippen molar-refractivity contribution in [1.82, 2.24) is 9.97 Å². The third-order valence-corrected chi connectivity index (χ3v) is 6.05. The molecule has 0 atom stereocenters. The molecule has 1 fully saturated rings. The summed E-state index contributed by atoms with van der Waals surface area (Å²) < 4.78 is 10.8. The van der Waals surface area contributed by atoms with Gasteiger partial charge in [0, 0.05) is 49.6 Å². The first-order valence-corrected chi connectivity index (χ1v) is 10.8. The summed E-state index contributed by atoms with van der Waals surface area (Å²) in [4.78, 5) is 13.8. The van der Waals surface area contributed by atoms with E-state index in [9.17, 15) is 0 Å². The molecule has 6 heteroatoms. The number of ether oxygens (including phenoxy) is 2. The number of methoxy groups -OCH3 is 2. The summed E-state index contributed by atoms with van der Waals surface area (Å²) >= 11 is 0. The summed E-state index contributed by atoms with van der Waals surface area (Å²) in [5.41, 5.74) is 3.23. The maximum Gasteiger partial charge on any atom is 0.162 e. The summed E-state index contributed by atoms with van der Waals surface area (Å²) in [5.74, 6) is 2.47. The van der Waals surface area contributed by atoms with Gasteiger partial charge in [0.2, 0.25) is 0 Å². The Morgan fingerprint density at radius 2 is 1.47 bits per heavy atom. The van der Waals surface area contributed by atoms with Crippen LogP contribution in [0, 0.1) is 0 Å². The van der Waals surface area contributed by atoms with Gasteiger partial charge in [0.15, 0.2) is 11.5 Å². The molecule has 4 aromatic rings. The van der Waals surface area contributed by atoms with Gasteiger partial charge in [-0.05, 0) is 22.9 Å². The minimum Gasteiger partial charge on any atom is -0.493 e. The summed E-state index contributed by atoms with van der Waals surface area (Å²) in [6, 6.07) is 23.0. The fraction of sp³-hybridized carbons (Fsp3) is 0.231. The van der Waals surface area contributed by atoms with Crippen molar-refractivity contribution in [2.45, 2.75) is 0 Å². The molecule has 6 nitrogen and oxygen atoms in total. The summed E-state index contributed by atoms with van der Waals surface area (Å²) in [6.45, 7) is 3.59. The maximum absolute atomic E-state index is 5.46. The molecule has 0 spiro atoms. The average molecular weight is 427 g/mol. The lowest BCUT2D eigenvalue weighted by atomic mass is 10.0. The van der Waals surface area contributed by atoms with Crippen molar-refractivity contribution in [2.75, 3.05) is 50.2 Å². The van der Waals surface area contributed by atoms with Gasteiger partial charge >= 0.3 is 0 Å². The van der Waals surface area contributed by atoms with Crippen molar-refractivity contribution in [1.29, 1.82) is 0 Å². The van der Waals surface area contributed by atoms with Crippen LogP contribution in [0.2, 0.25) is 0 Å². The first-order valence-electron chi connectivity index (χ1n) is 10.8. The van der Waals surface area contributed by atoms with Crippen LogP contribution in [0.15, 0.2) is 73.1 Å². The van der Waals surface area contributed by atoms with Gasteiger partial charge in [-0.2, -0.15) is 0 Å². The van der Waals surface area contributed by atoms with Gasteiger partial charge in [0.05, 0.1) is 19.9 Å². The van der Waals surface area contributed by atoms with Gasteiger partial charge in [0.1, 0.15) is 12.1 Å². The van der Waals surface area contributed by atoms with Crippen LogP contribution in [-0.2, 0) is 0 Å². The maximum atomic E-state index is 5.46. The molecule has 0 unspecified atom stereocenters. The van der Waals surface area contributed by atoms with E-state index in [0.717, 1.165) is 60.4 Å². The first-order chi connectivity index (χ1) is 15.8. The molecule has 0 saturated carbocycles. The fourth-order valence-electron chi connectivity index (χ4n) is 4.33. The van der Waals surface area contributed by atoms with E-state index in [0.29, 0.717) is 0 Å². The third-order valence-electron chi connectivity index (χ3n) is 6.05. The zero-order valence-corrected chi connectivity index (χ0v) is 18.4. The first kappa shape index (κ1) is 20.1. The lowest BCUT2D eigenvalue weighted by Crippen LogP contribution is -2.46. The zero-order valence-electron chi connectivity index (χ0n) is 18.4. The Morgan fingerprint density at radius 3 is 2.28 bits per heavy atom. The predicted octanol–water partition coefficient (Wildman–Crippen LogP) is 4.64. The fourth-order valence-corrected chi connectivity index (χ4v) is 4.33. The number of anilines is 2. The highest BCUT2D eigenvalue weighted by atomic mass is 16.5. The molecule has 1 saturated heterocycles. The Kier molecular flexibility index (Phi) is 5.50. The minimum atomic E-state index is 0.747. The van der Waals surface area contributed by atoms with E-state index in [-0.39, 0.29) is 0 Å². The van der Waals surface area contributed by atoms with Crippen molar-refractivity contribution >= 4 is 22.3 Å². The van der Waals surface area contributed by atoms with Crippen LogP contribution in [-0.4, -0.2) is 50.4 Å². The smallest absolute Gasteiger partial charge is 0.162 e. The highest BCUT2D eigenvalue weighted by molar-refractivity contribution is 5.96. The second-order valence-corrected chi connectivity index (χ2v) is 7.80. The molecule has 1 aliphatic rings. The predicted molar refractivity (Wildman–Crippen MR) is 129 cm³/mol. The van der Waals surface area contributed by atoms with Crippen molar-refractivity contribution < 1.29 is 9.47 Å². The van der Waals surface area contributed by atoms with Crippen LogP contribution in [0.25, 0.3) is 22.0 Å². The zero-order chi connectivity index (χ0) is 21.9. The van der Waals surface area contributed by atoms with Crippen LogP contribution in [0.3, 0.4) is 0 Å². The van der Waals surface area contributed by atoms with E-state index < -0.39 is 0 Å². The van der Waals surface area contributed by atoms with E-state index in [1.807, 2.05) is 12.1 Å². The Bertz CT molecular complexity index is 1230. The van der Waals surface area contributed by atoms with Crippen molar-refractivity contribution in [3.63, 3.8) is 0 Å². The number of benzene rings is 3. The lowest BCUT2D eigenvalue weighted by molar-refractivity contribution is 0.355. The average Bonchev–Trinajstić information content (AvgIpc) is 2.88. The Labute approximate surface area is 188 Å². The van der Waals surface area contributed by atoms with Gasteiger partial charge in [-0.1, -0.05) is 42.5 Å². The Morgan fingerprint density at radius 1 is 0.719 bits per heavy atom. The molecule has 1 aliphatic heterocycles. The molecule has 0 bridgehead atoms. The molecule has 2 heterocycles. The summed E-state index contributed by atoms with van der Waals surface area (Å²) in [7, 11) is 3.33. The quantitative estimate of drug-likeness (QED) is 0.463. The van der Waals surface area contributed by atoms with E-state index in [1.54, 1.807) is 20.5 Å². The Hall–Kier alpha value is -3.80. The van der Waals surface area contributed by atoms with E-state index in [2.05, 4.69) is 74.4 Å². The largest absolute Gasteiger partial charge is 0.493 e. The highest BCUT2D eigenvalue weighted by Crippen LogP contribution is 2.33. The number of piperazine rings is 1.